The first kappa shape index (κ1) is 27.0. The zero-order valence-electron chi connectivity index (χ0n) is 20.3. The Balaban J connectivity index is 0.00000385. The molecule has 1 aliphatic heterocycles. The summed E-state index contributed by atoms with van der Waals surface area (Å²) >= 11 is 0. The summed E-state index contributed by atoms with van der Waals surface area (Å²) in [5.74, 6) is 2.63. The highest BCUT2D eigenvalue weighted by molar-refractivity contribution is 14.0. The molecule has 0 aliphatic carbocycles. The maximum atomic E-state index is 5.46. The van der Waals surface area contributed by atoms with Crippen molar-refractivity contribution in [3.8, 4) is 17.2 Å². The minimum atomic E-state index is 0. The Bertz CT molecular complexity index is 874. The summed E-state index contributed by atoms with van der Waals surface area (Å²) in [6, 6.07) is 13.1. The highest BCUT2D eigenvalue weighted by Gasteiger charge is 2.23. The van der Waals surface area contributed by atoms with Crippen molar-refractivity contribution in [3.63, 3.8) is 0 Å². The molecule has 0 spiro atoms. The smallest absolute Gasteiger partial charge is 0.203 e. The molecular weight excluding hydrogens is 531 g/mol. The van der Waals surface area contributed by atoms with E-state index in [1.165, 1.54) is 24.0 Å². The number of nitrogens with zero attached hydrogens (tertiary/aromatic N) is 2. The second kappa shape index (κ2) is 13.5. The first-order valence-corrected chi connectivity index (χ1v) is 11.1. The summed E-state index contributed by atoms with van der Waals surface area (Å²) in [7, 11) is 6.65. The van der Waals surface area contributed by atoms with Gasteiger partial charge in [-0.1, -0.05) is 29.8 Å². The number of aliphatic imine (C=N–C) groups is 1. The normalized spacial score (nSPS) is 14.9. The van der Waals surface area contributed by atoms with Gasteiger partial charge >= 0.3 is 0 Å². The highest BCUT2D eigenvalue weighted by Crippen LogP contribution is 2.38. The third-order valence-corrected chi connectivity index (χ3v) is 5.91. The summed E-state index contributed by atoms with van der Waals surface area (Å²) in [6.07, 6.45) is 2.52. The van der Waals surface area contributed by atoms with E-state index in [4.69, 9.17) is 14.2 Å². The number of nitrogens with one attached hydrogen (secondary N) is 2. The fourth-order valence-corrected chi connectivity index (χ4v) is 4.14. The largest absolute Gasteiger partial charge is 0.493 e. The Kier molecular flexibility index (Phi) is 11.1. The maximum absolute atomic E-state index is 5.46. The van der Waals surface area contributed by atoms with E-state index in [-0.39, 0.29) is 24.0 Å². The van der Waals surface area contributed by atoms with Crippen LogP contribution in [-0.2, 0) is 6.54 Å². The molecule has 0 amide bonds. The van der Waals surface area contributed by atoms with Crippen LogP contribution in [0.1, 0.15) is 35.6 Å². The number of hydrogen-bond acceptors (Lipinski definition) is 5. The number of halogens is 1. The van der Waals surface area contributed by atoms with Gasteiger partial charge in [0.05, 0.1) is 27.4 Å². The van der Waals surface area contributed by atoms with Gasteiger partial charge in [0.15, 0.2) is 17.5 Å². The van der Waals surface area contributed by atoms with Crippen molar-refractivity contribution in [3.05, 3.63) is 53.1 Å². The Hall–Kier alpha value is -2.20. The van der Waals surface area contributed by atoms with E-state index < -0.39 is 0 Å². The maximum Gasteiger partial charge on any atom is 0.203 e. The topological polar surface area (TPSA) is 67.4 Å². The number of ether oxygens (including phenoxy) is 3. The zero-order valence-corrected chi connectivity index (χ0v) is 22.6. The molecule has 33 heavy (non-hydrogen) atoms. The predicted molar refractivity (Wildman–Crippen MR) is 144 cm³/mol. The molecule has 182 valence electrons. The third-order valence-electron chi connectivity index (χ3n) is 5.91. The summed E-state index contributed by atoms with van der Waals surface area (Å²) in [5, 5.41) is 6.92. The Morgan fingerprint density at radius 1 is 0.970 bits per heavy atom. The SMILES string of the molecule is CN=C(NCc1cc(OC)c(OC)c(OC)c1)NCC(c1ccc(C)cc1)N1CCCC1.I. The number of rotatable bonds is 9. The average Bonchev–Trinajstić information content (AvgIpc) is 3.36. The van der Waals surface area contributed by atoms with Crippen LogP contribution in [0.5, 0.6) is 17.2 Å². The molecular formula is C25H37IN4O3. The molecule has 0 aromatic heterocycles. The van der Waals surface area contributed by atoms with Gasteiger partial charge in [-0.05, 0) is 56.1 Å². The second-order valence-corrected chi connectivity index (χ2v) is 8.01. The molecule has 1 aliphatic rings. The molecule has 2 aromatic carbocycles. The molecule has 1 atom stereocenters. The lowest BCUT2D eigenvalue weighted by molar-refractivity contribution is 0.245. The van der Waals surface area contributed by atoms with Crippen LogP contribution in [0.25, 0.3) is 0 Å². The average molecular weight is 569 g/mol. The fraction of sp³-hybridized carbons (Fsp3) is 0.480. The van der Waals surface area contributed by atoms with Crippen LogP contribution in [0.15, 0.2) is 41.4 Å². The lowest BCUT2D eigenvalue weighted by Crippen LogP contribution is -2.42. The van der Waals surface area contributed by atoms with E-state index in [0.717, 1.165) is 31.2 Å². The Morgan fingerprint density at radius 2 is 1.58 bits per heavy atom. The van der Waals surface area contributed by atoms with Crippen LogP contribution in [0.3, 0.4) is 0 Å². The van der Waals surface area contributed by atoms with E-state index in [0.29, 0.717) is 29.8 Å². The van der Waals surface area contributed by atoms with Gasteiger partial charge < -0.3 is 24.8 Å². The van der Waals surface area contributed by atoms with Gasteiger partial charge in [0.1, 0.15) is 0 Å². The predicted octanol–water partition coefficient (Wildman–Crippen LogP) is 4.14. The molecule has 1 fully saturated rings. The molecule has 0 saturated carbocycles. The molecule has 2 aromatic rings. The van der Waals surface area contributed by atoms with Crippen LogP contribution in [0, 0.1) is 6.92 Å². The van der Waals surface area contributed by atoms with Crippen molar-refractivity contribution in [2.75, 3.05) is 48.0 Å². The number of benzene rings is 2. The number of guanidine groups is 1. The first-order chi connectivity index (χ1) is 15.6. The van der Waals surface area contributed by atoms with Gasteiger partial charge in [-0.25, -0.2) is 0 Å². The van der Waals surface area contributed by atoms with Crippen LogP contribution in [-0.4, -0.2) is 58.9 Å². The Morgan fingerprint density at radius 3 is 2.09 bits per heavy atom. The number of hydrogen-bond donors (Lipinski definition) is 2. The molecule has 8 heteroatoms. The number of aryl methyl sites for hydroxylation is 1. The van der Waals surface area contributed by atoms with Crippen LogP contribution >= 0.6 is 24.0 Å². The number of methoxy groups -OCH3 is 3. The van der Waals surface area contributed by atoms with Crippen molar-refractivity contribution in [2.45, 2.75) is 32.4 Å². The molecule has 3 rings (SSSR count). The summed E-state index contributed by atoms with van der Waals surface area (Å²) in [6.45, 7) is 5.77. The number of likely N-dealkylation sites (tertiary alicyclic amines) is 1. The summed E-state index contributed by atoms with van der Waals surface area (Å²) in [5.41, 5.74) is 3.63. The van der Waals surface area contributed by atoms with Crippen molar-refractivity contribution in [2.24, 2.45) is 4.99 Å². The summed E-state index contributed by atoms with van der Waals surface area (Å²) in [4.78, 5) is 6.98. The molecule has 1 unspecified atom stereocenters. The monoisotopic (exact) mass is 568 g/mol. The van der Waals surface area contributed by atoms with Crippen LogP contribution in [0.4, 0.5) is 0 Å². The molecule has 2 N–H and O–H groups in total. The quantitative estimate of drug-likeness (QED) is 0.270. The fourth-order valence-electron chi connectivity index (χ4n) is 4.14. The van der Waals surface area contributed by atoms with E-state index in [1.807, 2.05) is 12.1 Å². The first-order valence-electron chi connectivity index (χ1n) is 11.1. The molecule has 7 nitrogen and oxygen atoms in total. The van der Waals surface area contributed by atoms with E-state index >= 15 is 0 Å². The Labute approximate surface area is 214 Å². The van der Waals surface area contributed by atoms with Gasteiger partial charge in [0.2, 0.25) is 5.75 Å². The van der Waals surface area contributed by atoms with E-state index in [9.17, 15) is 0 Å². The van der Waals surface area contributed by atoms with Gasteiger partial charge in [-0.15, -0.1) is 24.0 Å². The van der Waals surface area contributed by atoms with E-state index in [2.05, 4.69) is 51.7 Å². The van der Waals surface area contributed by atoms with Gasteiger partial charge in [0.25, 0.3) is 0 Å². The minimum absolute atomic E-state index is 0. The van der Waals surface area contributed by atoms with E-state index in [1.54, 1.807) is 28.4 Å². The van der Waals surface area contributed by atoms with Crippen molar-refractivity contribution >= 4 is 29.9 Å². The minimum Gasteiger partial charge on any atom is -0.493 e. The molecule has 1 saturated heterocycles. The highest BCUT2D eigenvalue weighted by atomic mass is 127. The molecule has 0 bridgehead atoms. The third kappa shape index (κ3) is 7.14. The summed E-state index contributed by atoms with van der Waals surface area (Å²) < 4.78 is 16.3. The second-order valence-electron chi connectivity index (χ2n) is 8.01. The van der Waals surface area contributed by atoms with Crippen LogP contribution < -0.4 is 24.8 Å². The van der Waals surface area contributed by atoms with Crippen molar-refractivity contribution in [1.82, 2.24) is 15.5 Å². The lowest BCUT2D eigenvalue weighted by atomic mass is 10.0. The standard InChI is InChI=1S/C25H36N4O3.HI/c1-18-8-10-20(11-9-18)21(29-12-6-7-13-29)17-28-25(26-2)27-16-19-14-22(30-3)24(32-5)23(15-19)31-4;/h8-11,14-15,21H,6-7,12-13,16-17H2,1-5H3,(H2,26,27,28);1H. The molecule has 1 heterocycles. The lowest BCUT2D eigenvalue weighted by Gasteiger charge is -2.29. The van der Waals surface area contributed by atoms with Gasteiger partial charge in [-0.2, -0.15) is 0 Å². The van der Waals surface area contributed by atoms with Gasteiger partial charge in [-0.3, -0.25) is 9.89 Å². The van der Waals surface area contributed by atoms with Crippen molar-refractivity contribution < 1.29 is 14.2 Å². The zero-order chi connectivity index (χ0) is 22.9. The van der Waals surface area contributed by atoms with Crippen molar-refractivity contribution in [1.29, 1.82) is 0 Å². The van der Waals surface area contributed by atoms with Gasteiger partial charge in [0, 0.05) is 20.1 Å². The van der Waals surface area contributed by atoms with Crippen LogP contribution in [0.2, 0.25) is 0 Å². The molecule has 0 radical (unpaired) electrons.